The summed E-state index contributed by atoms with van der Waals surface area (Å²) in [5.74, 6) is -5.16. The lowest BCUT2D eigenvalue weighted by atomic mass is 10.2. The van der Waals surface area contributed by atoms with Crippen LogP contribution in [0.1, 0.15) is 10.5 Å². The van der Waals surface area contributed by atoms with Crippen LogP contribution in [-0.2, 0) is 17.1 Å². The fourth-order valence-electron chi connectivity index (χ4n) is 3.04. The number of nitrogens with zero attached hydrogens (tertiary/aromatic N) is 3. The molecule has 164 valence electrons. The van der Waals surface area contributed by atoms with Crippen LogP contribution in [0.2, 0.25) is 0 Å². The van der Waals surface area contributed by atoms with E-state index in [-0.39, 0.29) is 33.1 Å². The predicted molar refractivity (Wildman–Crippen MR) is 110 cm³/mol. The van der Waals surface area contributed by atoms with Gasteiger partial charge in [-0.15, -0.1) is 0 Å². The summed E-state index contributed by atoms with van der Waals surface area (Å²) in [4.78, 5) is 20.1. The first-order valence-electron chi connectivity index (χ1n) is 9.01. The van der Waals surface area contributed by atoms with E-state index in [0.717, 1.165) is 12.1 Å². The summed E-state index contributed by atoms with van der Waals surface area (Å²) < 4.78 is 69.3. The normalized spacial score (nSPS) is 11.5. The van der Waals surface area contributed by atoms with Gasteiger partial charge in [0.1, 0.15) is 5.69 Å². The van der Waals surface area contributed by atoms with Gasteiger partial charge in [0.15, 0.2) is 17.5 Å². The van der Waals surface area contributed by atoms with Crippen molar-refractivity contribution in [2.75, 3.05) is 10.0 Å². The Bertz CT molecular complexity index is 1440. The molecule has 2 aromatic heterocycles. The van der Waals surface area contributed by atoms with Crippen molar-refractivity contribution in [3.05, 3.63) is 78.0 Å². The number of hydrogen-bond donors (Lipinski definition) is 2. The maximum Gasteiger partial charge on any atom is 0.272 e. The predicted octanol–water partition coefficient (Wildman–Crippen LogP) is 3.44. The van der Waals surface area contributed by atoms with Crippen molar-refractivity contribution in [1.82, 2.24) is 14.5 Å². The van der Waals surface area contributed by atoms with Crippen molar-refractivity contribution in [2.24, 2.45) is 7.05 Å². The first-order valence-corrected chi connectivity index (χ1v) is 10.5. The number of benzene rings is 2. The lowest BCUT2D eigenvalue weighted by molar-refractivity contribution is 0.101. The molecular weight excluding hydrogens is 447 g/mol. The molecule has 12 heteroatoms. The average molecular weight is 461 g/mol. The first-order chi connectivity index (χ1) is 15.2. The van der Waals surface area contributed by atoms with E-state index >= 15 is 0 Å². The Morgan fingerprint density at radius 1 is 1.00 bits per heavy atom. The minimum Gasteiger partial charge on any atom is -0.339 e. The number of carbonyl (C=O) groups is 1. The van der Waals surface area contributed by atoms with Crippen LogP contribution in [0, 0.1) is 17.5 Å². The standard InChI is InChI=1S/C20H14F3N5O3S/c1-28-15-10-14(21)18(23)17(22)13(15)9-16(28)19(29)26-11-3-5-12(6-4-11)32(30,31)27-20-24-7-2-8-25-20/h2-10H,1H3,(H,26,29)(H,24,25,27). The van der Waals surface area contributed by atoms with Crippen LogP contribution >= 0.6 is 0 Å². The summed E-state index contributed by atoms with van der Waals surface area (Å²) in [5, 5.41) is 2.28. The highest BCUT2D eigenvalue weighted by Crippen LogP contribution is 2.26. The number of sulfonamides is 1. The Balaban J connectivity index is 1.56. The third-order valence-electron chi connectivity index (χ3n) is 4.63. The number of halogens is 3. The molecular formula is C20H14F3N5O3S. The van der Waals surface area contributed by atoms with E-state index in [1.54, 1.807) is 0 Å². The molecule has 4 rings (SSSR count). The molecule has 32 heavy (non-hydrogen) atoms. The Hall–Kier alpha value is -3.93. The number of nitrogens with one attached hydrogen (secondary N) is 2. The van der Waals surface area contributed by atoms with Crippen molar-refractivity contribution in [3.63, 3.8) is 0 Å². The molecule has 0 atom stereocenters. The summed E-state index contributed by atoms with van der Waals surface area (Å²) in [6.07, 6.45) is 2.76. The van der Waals surface area contributed by atoms with Gasteiger partial charge in [-0.1, -0.05) is 0 Å². The van der Waals surface area contributed by atoms with Crippen molar-refractivity contribution >= 4 is 38.5 Å². The van der Waals surface area contributed by atoms with Gasteiger partial charge in [-0.25, -0.2) is 36.3 Å². The monoisotopic (exact) mass is 461 g/mol. The molecule has 4 aromatic rings. The fourth-order valence-corrected chi connectivity index (χ4v) is 3.99. The minimum absolute atomic E-state index is 0.00203. The Labute approximate surface area is 179 Å². The molecule has 2 aromatic carbocycles. The molecule has 0 spiro atoms. The highest BCUT2D eigenvalue weighted by Gasteiger charge is 2.21. The quantitative estimate of drug-likeness (QED) is 0.443. The lowest BCUT2D eigenvalue weighted by Gasteiger charge is -2.09. The third-order valence-corrected chi connectivity index (χ3v) is 5.97. The molecule has 0 saturated heterocycles. The zero-order valence-electron chi connectivity index (χ0n) is 16.3. The number of fused-ring (bicyclic) bond motifs is 1. The second-order valence-electron chi connectivity index (χ2n) is 6.66. The highest BCUT2D eigenvalue weighted by molar-refractivity contribution is 7.92. The van der Waals surface area contributed by atoms with Crippen LogP contribution in [0.25, 0.3) is 10.9 Å². The number of aryl methyl sites for hydroxylation is 1. The molecule has 8 nitrogen and oxygen atoms in total. The number of aromatic nitrogens is 3. The smallest absolute Gasteiger partial charge is 0.272 e. The van der Waals surface area contributed by atoms with Crippen molar-refractivity contribution in [2.45, 2.75) is 4.90 Å². The fraction of sp³-hybridized carbons (Fsp3) is 0.0500. The van der Waals surface area contributed by atoms with E-state index in [4.69, 9.17) is 0 Å². The number of anilines is 2. The van der Waals surface area contributed by atoms with Crippen LogP contribution < -0.4 is 10.0 Å². The average Bonchev–Trinajstić information content (AvgIpc) is 3.09. The second kappa shape index (κ2) is 7.96. The molecule has 0 aliphatic carbocycles. The molecule has 0 fully saturated rings. The summed E-state index contributed by atoms with van der Waals surface area (Å²) in [7, 11) is -2.55. The molecule has 0 saturated carbocycles. The topological polar surface area (TPSA) is 106 Å². The summed E-state index contributed by atoms with van der Waals surface area (Å²) in [6, 6.07) is 8.65. The van der Waals surface area contributed by atoms with Crippen LogP contribution in [0.15, 0.2) is 59.8 Å². The third kappa shape index (κ3) is 3.87. The highest BCUT2D eigenvalue weighted by atomic mass is 32.2. The van der Waals surface area contributed by atoms with Gasteiger partial charge in [0.25, 0.3) is 15.9 Å². The van der Waals surface area contributed by atoms with Crippen molar-refractivity contribution < 1.29 is 26.4 Å². The van der Waals surface area contributed by atoms with Gasteiger partial charge < -0.3 is 9.88 Å². The molecule has 0 aliphatic rings. The molecule has 1 amide bonds. The zero-order chi connectivity index (χ0) is 23.0. The summed E-state index contributed by atoms with van der Waals surface area (Å²) >= 11 is 0. The lowest BCUT2D eigenvalue weighted by Crippen LogP contribution is -2.16. The maximum absolute atomic E-state index is 14.0. The second-order valence-corrected chi connectivity index (χ2v) is 8.35. The van der Waals surface area contributed by atoms with Crippen molar-refractivity contribution in [3.8, 4) is 0 Å². The number of amides is 1. The minimum atomic E-state index is -3.95. The Kier molecular flexibility index (Phi) is 5.30. The maximum atomic E-state index is 14.0. The van der Waals surface area contributed by atoms with Crippen LogP contribution in [0.3, 0.4) is 0 Å². The Morgan fingerprint density at radius 3 is 2.31 bits per heavy atom. The largest absolute Gasteiger partial charge is 0.339 e. The SMILES string of the molecule is Cn1c(C(=O)Nc2ccc(S(=O)(=O)Nc3ncccn3)cc2)cc2c(F)c(F)c(F)cc21. The van der Waals surface area contributed by atoms with E-state index < -0.39 is 33.4 Å². The van der Waals surface area contributed by atoms with Gasteiger partial charge in [0.05, 0.1) is 10.4 Å². The van der Waals surface area contributed by atoms with Gasteiger partial charge in [0.2, 0.25) is 5.95 Å². The number of carbonyl (C=O) groups excluding carboxylic acids is 1. The molecule has 0 unspecified atom stereocenters. The van der Waals surface area contributed by atoms with E-state index in [1.165, 1.54) is 54.3 Å². The van der Waals surface area contributed by atoms with E-state index in [0.29, 0.717) is 0 Å². The van der Waals surface area contributed by atoms with Crippen LogP contribution in [-0.4, -0.2) is 28.9 Å². The van der Waals surface area contributed by atoms with Gasteiger partial charge >= 0.3 is 0 Å². The summed E-state index contributed by atoms with van der Waals surface area (Å²) in [5.41, 5.74) is 0.193. The van der Waals surface area contributed by atoms with Crippen LogP contribution in [0.5, 0.6) is 0 Å². The molecule has 2 N–H and O–H groups in total. The molecule has 0 aliphatic heterocycles. The van der Waals surface area contributed by atoms with Crippen molar-refractivity contribution in [1.29, 1.82) is 0 Å². The van der Waals surface area contributed by atoms with Crippen LogP contribution in [0.4, 0.5) is 24.8 Å². The summed E-state index contributed by atoms with van der Waals surface area (Å²) in [6.45, 7) is 0. The zero-order valence-corrected chi connectivity index (χ0v) is 17.1. The Morgan fingerprint density at radius 2 is 1.66 bits per heavy atom. The molecule has 0 bridgehead atoms. The van der Waals surface area contributed by atoms with E-state index in [1.807, 2.05) is 0 Å². The van der Waals surface area contributed by atoms with E-state index in [2.05, 4.69) is 20.0 Å². The van der Waals surface area contributed by atoms with Gasteiger partial charge in [0, 0.05) is 36.6 Å². The first kappa shape index (κ1) is 21.3. The molecule has 2 heterocycles. The van der Waals surface area contributed by atoms with Gasteiger partial charge in [-0.05, 0) is 36.4 Å². The number of hydrogen-bond acceptors (Lipinski definition) is 5. The molecule has 0 radical (unpaired) electrons. The number of rotatable bonds is 5. The van der Waals surface area contributed by atoms with E-state index in [9.17, 15) is 26.4 Å². The van der Waals surface area contributed by atoms with Gasteiger partial charge in [-0.3, -0.25) is 4.79 Å². The van der Waals surface area contributed by atoms with Gasteiger partial charge in [-0.2, -0.15) is 0 Å².